The number of hydrogen-bond donors (Lipinski definition) is 2. The molecule has 0 bridgehead atoms. The summed E-state index contributed by atoms with van der Waals surface area (Å²) in [6, 6.07) is 3.32. The number of sulfonamides is 1. The van der Waals surface area contributed by atoms with E-state index in [2.05, 4.69) is 15.2 Å². The molecule has 0 fully saturated rings. The molecule has 0 aliphatic carbocycles. The lowest BCUT2D eigenvalue weighted by Gasteiger charge is -2.06. The lowest BCUT2D eigenvalue weighted by Crippen LogP contribution is -2.24. The van der Waals surface area contributed by atoms with Gasteiger partial charge in [-0.3, -0.25) is 0 Å². The van der Waals surface area contributed by atoms with Gasteiger partial charge in [-0.1, -0.05) is 12.1 Å². The molecule has 2 heterocycles. The van der Waals surface area contributed by atoms with E-state index in [0.29, 0.717) is 17.2 Å². The Morgan fingerprint density at radius 2 is 2.20 bits per heavy atom. The van der Waals surface area contributed by atoms with Crippen LogP contribution in [0.5, 0.6) is 0 Å². The van der Waals surface area contributed by atoms with Gasteiger partial charge in [0.2, 0.25) is 10.0 Å². The summed E-state index contributed by atoms with van der Waals surface area (Å²) in [6.45, 7) is 5.20. The lowest BCUT2D eigenvalue weighted by atomic mass is 10.4. The van der Waals surface area contributed by atoms with Crippen LogP contribution in [-0.2, 0) is 23.1 Å². The molecule has 110 valence electrons. The zero-order valence-corrected chi connectivity index (χ0v) is 13.0. The van der Waals surface area contributed by atoms with Crippen molar-refractivity contribution in [3.63, 3.8) is 0 Å². The summed E-state index contributed by atoms with van der Waals surface area (Å²) >= 11 is 1.42. The maximum atomic E-state index is 12.3. The first-order valence-electron chi connectivity index (χ1n) is 6.22. The summed E-state index contributed by atoms with van der Waals surface area (Å²) in [5.74, 6) is 0.495. The van der Waals surface area contributed by atoms with Gasteiger partial charge in [-0.15, -0.1) is 11.3 Å². The van der Waals surface area contributed by atoms with E-state index < -0.39 is 10.0 Å². The first kappa shape index (κ1) is 15.2. The zero-order chi connectivity index (χ0) is 14.6. The number of hydrogen-bond acceptors (Lipinski definition) is 6. The fraction of sp³-hybridized carbons (Fsp3) is 0.417. The minimum atomic E-state index is -3.53. The molecule has 0 aliphatic rings. The van der Waals surface area contributed by atoms with Gasteiger partial charge in [-0.05, 0) is 24.9 Å². The topological polar surface area (TPSA) is 84.2 Å². The molecule has 0 amide bonds. The largest absolute Gasteiger partial charge is 0.360 e. The van der Waals surface area contributed by atoms with Crippen LogP contribution in [0.4, 0.5) is 0 Å². The molecule has 0 aliphatic heterocycles. The smallest absolute Gasteiger partial charge is 0.242 e. The molecular weight excluding hydrogens is 298 g/mol. The zero-order valence-electron chi connectivity index (χ0n) is 11.3. The van der Waals surface area contributed by atoms with Gasteiger partial charge in [-0.25, -0.2) is 13.1 Å². The first-order chi connectivity index (χ1) is 9.53. The van der Waals surface area contributed by atoms with Crippen molar-refractivity contribution in [2.75, 3.05) is 6.54 Å². The molecule has 2 N–H and O–H groups in total. The van der Waals surface area contributed by atoms with Gasteiger partial charge >= 0.3 is 0 Å². The molecule has 2 aromatic heterocycles. The molecule has 0 saturated carbocycles. The third-order valence-corrected chi connectivity index (χ3v) is 5.18. The van der Waals surface area contributed by atoms with Crippen LogP contribution in [0.25, 0.3) is 0 Å². The number of nitrogens with one attached hydrogen (secondary N) is 2. The average Bonchev–Trinajstić information content (AvgIpc) is 3.03. The highest BCUT2D eigenvalue weighted by Crippen LogP contribution is 2.22. The number of thiophene rings is 1. The van der Waals surface area contributed by atoms with Crippen molar-refractivity contribution >= 4 is 21.4 Å². The van der Waals surface area contributed by atoms with Gasteiger partial charge in [0, 0.05) is 17.5 Å². The quantitative estimate of drug-likeness (QED) is 0.811. The van der Waals surface area contributed by atoms with E-state index >= 15 is 0 Å². The van der Waals surface area contributed by atoms with Crippen LogP contribution in [0.15, 0.2) is 26.9 Å². The molecule has 20 heavy (non-hydrogen) atoms. The van der Waals surface area contributed by atoms with Crippen LogP contribution in [0.1, 0.15) is 23.3 Å². The Kier molecular flexibility index (Phi) is 4.92. The predicted molar refractivity (Wildman–Crippen MR) is 77.0 cm³/mol. The summed E-state index contributed by atoms with van der Waals surface area (Å²) in [6.07, 6.45) is 0. The van der Waals surface area contributed by atoms with Gasteiger partial charge in [0.1, 0.15) is 0 Å². The summed E-state index contributed by atoms with van der Waals surface area (Å²) in [5.41, 5.74) is 0.725. The minimum Gasteiger partial charge on any atom is -0.360 e. The molecular formula is C12H17N3O3S2. The Bertz CT molecular complexity index is 661. The van der Waals surface area contributed by atoms with E-state index in [1.807, 2.05) is 6.92 Å². The molecule has 0 radical (unpaired) electrons. The Labute approximate surface area is 122 Å². The second kappa shape index (κ2) is 6.49. The van der Waals surface area contributed by atoms with Crippen LogP contribution in [0.3, 0.4) is 0 Å². The van der Waals surface area contributed by atoms with Gasteiger partial charge in [0.25, 0.3) is 0 Å². The molecule has 0 saturated heterocycles. The fourth-order valence-electron chi connectivity index (χ4n) is 1.68. The summed E-state index contributed by atoms with van der Waals surface area (Å²) < 4.78 is 32.0. The molecule has 0 atom stereocenters. The number of aromatic nitrogens is 1. The van der Waals surface area contributed by atoms with Crippen LogP contribution < -0.4 is 10.0 Å². The highest BCUT2D eigenvalue weighted by atomic mass is 32.2. The van der Waals surface area contributed by atoms with Crippen molar-refractivity contribution in [2.45, 2.75) is 31.8 Å². The van der Waals surface area contributed by atoms with E-state index in [-0.39, 0.29) is 6.54 Å². The Balaban J connectivity index is 2.08. The lowest BCUT2D eigenvalue weighted by molar-refractivity contribution is 0.377. The number of aryl methyl sites for hydroxylation is 1. The molecule has 8 heteroatoms. The number of nitrogens with zero attached hydrogens (tertiary/aromatic N) is 1. The molecule has 0 aromatic carbocycles. The SMILES string of the molecule is CCNCc1sccc1S(=O)(=O)NCc1cc(C)no1. The minimum absolute atomic E-state index is 0.0969. The van der Waals surface area contributed by atoms with Crippen molar-refractivity contribution in [2.24, 2.45) is 0 Å². The van der Waals surface area contributed by atoms with E-state index in [1.165, 1.54) is 11.3 Å². The second-order valence-electron chi connectivity index (χ2n) is 4.25. The first-order valence-corrected chi connectivity index (χ1v) is 8.58. The van der Waals surface area contributed by atoms with Crippen molar-refractivity contribution in [1.82, 2.24) is 15.2 Å². The molecule has 6 nitrogen and oxygen atoms in total. The highest BCUT2D eigenvalue weighted by molar-refractivity contribution is 7.89. The maximum Gasteiger partial charge on any atom is 0.242 e. The van der Waals surface area contributed by atoms with Crippen molar-refractivity contribution in [3.05, 3.63) is 33.8 Å². The van der Waals surface area contributed by atoms with Crippen LogP contribution in [0, 0.1) is 6.92 Å². The van der Waals surface area contributed by atoms with E-state index in [1.54, 1.807) is 24.4 Å². The summed E-state index contributed by atoms with van der Waals surface area (Å²) in [7, 11) is -3.53. The van der Waals surface area contributed by atoms with Crippen LogP contribution in [0.2, 0.25) is 0 Å². The van der Waals surface area contributed by atoms with Crippen molar-refractivity contribution in [1.29, 1.82) is 0 Å². The Morgan fingerprint density at radius 3 is 2.85 bits per heavy atom. The van der Waals surface area contributed by atoms with E-state index in [9.17, 15) is 8.42 Å². The van der Waals surface area contributed by atoms with Gasteiger partial charge < -0.3 is 9.84 Å². The normalized spacial score (nSPS) is 11.9. The summed E-state index contributed by atoms with van der Waals surface area (Å²) in [4.78, 5) is 1.12. The van der Waals surface area contributed by atoms with Crippen LogP contribution >= 0.6 is 11.3 Å². The molecule has 2 aromatic rings. The molecule has 0 spiro atoms. The highest BCUT2D eigenvalue weighted by Gasteiger charge is 2.19. The predicted octanol–water partition coefficient (Wildman–Crippen LogP) is 1.63. The van der Waals surface area contributed by atoms with Gasteiger partial charge in [-0.2, -0.15) is 0 Å². The van der Waals surface area contributed by atoms with Crippen molar-refractivity contribution < 1.29 is 12.9 Å². The van der Waals surface area contributed by atoms with E-state index in [0.717, 1.165) is 17.1 Å². The monoisotopic (exact) mass is 315 g/mol. The third-order valence-electron chi connectivity index (χ3n) is 2.64. The third kappa shape index (κ3) is 3.66. The Morgan fingerprint density at radius 1 is 1.40 bits per heavy atom. The fourth-order valence-corrected chi connectivity index (χ4v) is 4.08. The van der Waals surface area contributed by atoms with Gasteiger partial charge in [0.15, 0.2) is 5.76 Å². The maximum absolute atomic E-state index is 12.3. The van der Waals surface area contributed by atoms with Gasteiger partial charge in [0.05, 0.1) is 17.1 Å². The summed E-state index contributed by atoms with van der Waals surface area (Å²) in [5, 5.41) is 8.63. The Hall–Kier alpha value is -1.22. The van der Waals surface area contributed by atoms with Crippen molar-refractivity contribution in [3.8, 4) is 0 Å². The molecule has 2 rings (SSSR count). The second-order valence-corrected chi connectivity index (χ2v) is 6.98. The van der Waals surface area contributed by atoms with Crippen LogP contribution in [-0.4, -0.2) is 20.1 Å². The number of rotatable bonds is 7. The standard InChI is InChI=1S/C12H17N3O3S2/c1-3-13-8-11-12(4-5-19-11)20(16,17)14-7-10-6-9(2)15-18-10/h4-6,13-14H,3,7-8H2,1-2H3. The van der Waals surface area contributed by atoms with E-state index in [4.69, 9.17) is 4.52 Å². The average molecular weight is 315 g/mol. The molecule has 0 unspecified atom stereocenters.